The highest BCUT2D eigenvalue weighted by molar-refractivity contribution is 7.89. The molecule has 0 atom stereocenters. The van der Waals surface area contributed by atoms with E-state index in [2.05, 4.69) is 5.32 Å². The van der Waals surface area contributed by atoms with Gasteiger partial charge in [0.1, 0.15) is 4.88 Å². The molecule has 1 aromatic carbocycles. The number of esters is 1. The molecule has 1 N–H and O–H groups in total. The fraction of sp³-hybridized carbons (Fsp3) is 0.333. The van der Waals surface area contributed by atoms with Gasteiger partial charge < -0.3 is 10.1 Å². The van der Waals surface area contributed by atoms with Gasteiger partial charge in [0.25, 0.3) is 5.91 Å². The highest BCUT2D eigenvalue weighted by atomic mass is 32.2. The molecule has 146 valence electrons. The Balaban J connectivity index is 1.91. The predicted molar refractivity (Wildman–Crippen MR) is 104 cm³/mol. The maximum Gasteiger partial charge on any atom is 0.348 e. The molecule has 27 heavy (non-hydrogen) atoms. The molecule has 0 saturated heterocycles. The number of hydrogen-bond acceptors (Lipinski definition) is 6. The van der Waals surface area contributed by atoms with E-state index in [9.17, 15) is 18.0 Å². The number of ether oxygens (including phenoxy) is 1. The van der Waals surface area contributed by atoms with Crippen molar-refractivity contribution in [2.24, 2.45) is 0 Å². The predicted octanol–water partition coefficient (Wildman–Crippen LogP) is 2.96. The van der Waals surface area contributed by atoms with Crippen LogP contribution in [0.15, 0.2) is 46.7 Å². The largest absolute Gasteiger partial charge is 0.451 e. The Morgan fingerprint density at radius 1 is 1.19 bits per heavy atom. The van der Waals surface area contributed by atoms with Crippen LogP contribution in [0.2, 0.25) is 0 Å². The van der Waals surface area contributed by atoms with Gasteiger partial charge in [-0.1, -0.05) is 19.4 Å². The molecule has 0 aliphatic carbocycles. The number of nitrogens with one attached hydrogen (secondary N) is 1. The third-order valence-electron chi connectivity index (χ3n) is 3.73. The number of hydrogen-bond donors (Lipinski definition) is 1. The molecule has 0 aliphatic heterocycles. The molecule has 0 fully saturated rings. The number of carbonyl (C=O) groups excluding carboxylic acids is 2. The van der Waals surface area contributed by atoms with Crippen molar-refractivity contribution in [3.05, 3.63) is 46.7 Å². The van der Waals surface area contributed by atoms with E-state index in [-0.39, 0.29) is 4.90 Å². The van der Waals surface area contributed by atoms with Gasteiger partial charge in [-0.15, -0.1) is 11.3 Å². The lowest BCUT2D eigenvalue weighted by molar-refractivity contribution is -0.119. The topological polar surface area (TPSA) is 92.8 Å². The van der Waals surface area contributed by atoms with E-state index < -0.39 is 28.5 Å². The van der Waals surface area contributed by atoms with E-state index in [0.717, 1.165) is 12.8 Å². The van der Waals surface area contributed by atoms with E-state index in [1.165, 1.54) is 39.9 Å². The minimum atomic E-state index is -3.55. The van der Waals surface area contributed by atoms with E-state index >= 15 is 0 Å². The van der Waals surface area contributed by atoms with Crippen molar-refractivity contribution in [2.75, 3.05) is 25.5 Å². The molecular weight excluding hydrogens is 388 g/mol. The highest BCUT2D eigenvalue weighted by Gasteiger charge is 2.20. The summed E-state index contributed by atoms with van der Waals surface area (Å²) in [5, 5.41) is 4.31. The third-order valence-corrected chi connectivity index (χ3v) is 6.45. The molecular formula is C18H22N2O5S2. The molecule has 2 rings (SSSR count). The van der Waals surface area contributed by atoms with E-state index in [1.807, 2.05) is 6.92 Å². The van der Waals surface area contributed by atoms with E-state index in [0.29, 0.717) is 17.1 Å². The molecule has 0 bridgehead atoms. The van der Waals surface area contributed by atoms with Crippen LogP contribution in [0.25, 0.3) is 0 Å². The lowest BCUT2D eigenvalue weighted by Gasteiger charge is -2.17. The lowest BCUT2D eigenvalue weighted by atomic mass is 10.3. The van der Waals surface area contributed by atoms with Crippen LogP contribution in [0.3, 0.4) is 0 Å². The number of thiophene rings is 1. The van der Waals surface area contributed by atoms with Crippen LogP contribution in [0.4, 0.5) is 5.69 Å². The van der Waals surface area contributed by atoms with Gasteiger partial charge in [0.15, 0.2) is 6.61 Å². The summed E-state index contributed by atoms with van der Waals surface area (Å²) in [6.45, 7) is 2.03. The van der Waals surface area contributed by atoms with Gasteiger partial charge in [-0.25, -0.2) is 17.5 Å². The van der Waals surface area contributed by atoms with E-state index in [1.54, 1.807) is 24.6 Å². The standard InChI is InChI=1S/C18H22N2O5S2/c1-3-4-11-20(2)27(23,24)15-9-7-14(8-10-15)19-17(21)13-25-18(22)16-6-5-12-26-16/h5-10,12H,3-4,11,13H2,1-2H3,(H,19,21). The van der Waals surface area contributed by atoms with Crippen molar-refractivity contribution in [3.8, 4) is 0 Å². The second kappa shape index (κ2) is 9.63. The molecule has 0 unspecified atom stereocenters. The summed E-state index contributed by atoms with van der Waals surface area (Å²) < 4.78 is 31.1. The van der Waals surface area contributed by atoms with Gasteiger partial charge in [0, 0.05) is 19.3 Å². The maximum absolute atomic E-state index is 12.4. The molecule has 0 saturated carbocycles. The Morgan fingerprint density at radius 2 is 1.89 bits per heavy atom. The molecule has 1 heterocycles. The molecule has 0 aliphatic rings. The molecule has 7 nitrogen and oxygen atoms in total. The highest BCUT2D eigenvalue weighted by Crippen LogP contribution is 2.18. The van der Waals surface area contributed by atoms with Crippen LogP contribution in [0.5, 0.6) is 0 Å². The Bertz CT molecular complexity index is 862. The smallest absolute Gasteiger partial charge is 0.348 e. The first-order chi connectivity index (χ1) is 12.8. The molecule has 9 heteroatoms. The minimum Gasteiger partial charge on any atom is -0.451 e. The first-order valence-electron chi connectivity index (χ1n) is 8.41. The molecule has 0 radical (unpaired) electrons. The van der Waals surface area contributed by atoms with E-state index in [4.69, 9.17) is 4.74 Å². The summed E-state index contributed by atoms with van der Waals surface area (Å²) in [7, 11) is -2.01. The summed E-state index contributed by atoms with van der Waals surface area (Å²) in [5.41, 5.74) is 0.419. The number of nitrogens with zero attached hydrogens (tertiary/aromatic N) is 1. The Hall–Kier alpha value is -2.23. The van der Waals surface area contributed by atoms with Crippen LogP contribution in [-0.4, -0.2) is 44.8 Å². The Kier molecular flexibility index (Phi) is 7.52. The minimum absolute atomic E-state index is 0.156. The lowest BCUT2D eigenvalue weighted by Crippen LogP contribution is -2.28. The zero-order chi connectivity index (χ0) is 19.9. The van der Waals surface area contributed by atoms with Crippen molar-refractivity contribution in [1.29, 1.82) is 0 Å². The summed E-state index contributed by atoms with van der Waals surface area (Å²) in [6.07, 6.45) is 1.69. The fourth-order valence-electron chi connectivity index (χ4n) is 2.19. The SMILES string of the molecule is CCCCN(C)S(=O)(=O)c1ccc(NC(=O)COC(=O)c2cccs2)cc1. The van der Waals surface area contributed by atoms with Crippen LogP contribution in [0, 0.1) is 0 Å². The van der Waals surface area contributed by atoms with Gasteiger partial charge >= 0.3 is 5.97 Å². The summed E-state index contributed by atoms with van der Waals surface area (Å²) in [5.74, 6) is -1.06. The fourth-order valence-corrected chi connectivity index (χ4v) is 4.01. The zero-order valence-electron chi connectivity index (χ0n) is 15.2. The van der Waals surface area contributed by atoms with Crippen molar-refractivity contribution in [1.82, 2.24) is 4.31 Å². The van der Waals surface area contributed by atoms with Gasteiger partial charge in [0.2, 0.25) is 10.0 Å². The van der Waals surface area contributed by atoms with Gasteiger partial charge in [-0.05, 0) is 42.1 Å². The summed E-state index contributed by atoms with van der Waals surface area (Å²) in [4.78, 5) is 24.2. The molecule has 1 amide bonds. The molecule has 2 aromatic rings. The summed E-state index contributed by atoms with van der Waals surface area (Å²) in [6, 6.07) is 9.20. The van der Waals surface area contributed by atoms with Crippen LogP contribution in [-0.2, 0) is 19.6 Å². The Morgan fingerprint density at radius 3 is 2.48 bits per heavy atom. The number of rotatable bonds is 9. The maximum atomic E-state index is 12.4. The quantitative estimate of drug-likeness (QED) is 0.642. The summed E-state index contributed by atoms with van der Waals surface area (Å²) >= 11 is 1.23. The van der Waals surface area contributed by atoms with Crippen LogP contribution < -0.4 is 5.32 Å². The van der Waals surface area contributed by atoms with Gasteiger partial charge in [-0.2, -0.15) is 0 Å². The van der Waals surface area contributed by atoms with Crippen molar-refractivity contribution in [3.63, 3.8) is 0 Å². The average Bonchev–Trinajstić information content (AvgIpc) is 3.19. The monoisotopic (exact) mass is 410 g/mol. The second-order valence-corrected chi connectivity index (χ2v) is 8.80. The number of anilines is 1. The second-order valence-electron chi connectivity index (χ2n) is 5.81. The third kappa shape index (κ3) is 5.88. The van der Waals surface area contributed by atoms with Crippen molar-refractivity contribution >= 4 is 38.9 Å². The number of carbonyl (C=O) groups is 2. The van der Waals surface area contributed by atoms with Crippen molar-refractivity contribution < 1.29 is 22.7 Å². The van der Waals surface area contributed by atoms with Gasteiger partial charge in [0.05, 0.1) is 4.90 Å². The molecule has 1 aromatic heterocycles. The first kappa shape index (κ1) is 21.1. The van der Waals surface area contributed by atoms with Crippen molar-refractivity contribution in [2.45, 2.75) is 24.7 Å². The normalized spacial score (nSPS) is 11.4. The van der Waals surface area contributed by atoms with Crippen LogP contribution in [0.1, 0.15) is 29.4 Å². The first-order valence-corrected chi connectivity index (χ1v) is 10.7. The number of benzene rings is 1. The average molecular weight is 411 g/mol. The molecule has 0 spiro atoms. The van der Waals surface area contributed by atoms with Crippen LogP contribution >= 0.6 is 11.3 Å². The number of amides is 1. The van der Waals surface area contributed by atoms with Gasteiger partial charge in [-0.3, -0.25) is 4.79 Å². The number of unbranched alkanes of at least 4 members (excludes halogenated alkanes) is 1. The Labute approximate surface area is 163 Å². The zero-order valence-corrected chi connectivity index (χ0v) is 16.8. The number of sulfonamides is 1.